The van der Waals surface area contributed by atoms with Gasteiger partial charge in [-0.05, 0) is 19.1 Å². The smallest absolute Gasteiger partial charge is 0.305 e. The zero-order chi connectivity index (χ0) is 15.9. The molecule has 22 heavy (non-hydrogen) atoms. The van der Waals surface area contributed by atoms with E-state index in [1.54, 1.807) is 0 Å². The molecular weight excluding hydrogens is 284 g/mol. The monoisotopic (exact) mass is 302 g/mol. The van der Waals surface area contributed by atoms with E-state index in [-0.39, 0.29) is 6.42 Å². The molecule has 0 saturated heterocycles. The molecule has 1 aromatic carbocycles. The van der Waals surface area contributed by atoms with Gasteiger partial charge in [0, 0.05) is 24.0 Å². The molecule has 0 bridgehead atoms. The number of para-hydroxylation sites is 2. The number of carboxylic acids is 1. The van der Waals surface area contributed by atoms with E-state index >= 15 is 0 Å². The van der Waals surface area contributed by atoms with Crippen LogP contribution in [-0.2, 0) is 4.79 Å². The van der Waals surface area contributed by atoms with Gasteiger partial charge < -0.3 is 20.9 Å². The molecule has 2 rings (SSSR count). The van der Waals surface area contributed by atoms with Gasteiger partial charge in [-0.15, -0.1) is 0 Å². The quantitative estimate of drug-likeness (QED) is 0.718. The standard InChI is InChI=1S/C15H18N4O3/c1-2-22-13-6-4-3-5-12(13)19-15-17-8-10(9-18-15)11(16)7-14(20)21/h3-6,8-9,11H,2,7,16H2,1H3,(H,20,21)(H,17,18,19). The molecule has 0 fully saturated rings. The third kappa shape index (κ3) is 4.16. The van der Waals surface area contributed by atoms with Crippen LogP contribution in [0.4, 0.5) is 11.6 Å². The van der Waals surface area contributed by atoms with E-state index in [2.05, 4.69) is 15.3 Å². The Bertz CT molecular complexity index is 631. The van der Waals surface area contributed by atoms with E-state index in [9.17, 15) is 4.79 Å². The first kappa shape index (κ1) is 15.7. The lowest BCUT2D eigenvalue weighted by Crippen LogP contribution is -2.15. The molecule has 0 saturated carbocycles. The Morgan fingerprint density at radius 2 is 2.05 bits per heavy atom. The molecule has 116 valence electrons. The first-order valence-electron chi connectivity index (χ1n) is 6.88. The topological polar surface area (TPSA) is 110 Å². The number of nitrogens with zero attached hydrogens (tertiary/aromatic N) is 2. The fourth-order valence-electron chi connectivity index (χ4n) is 1.87. The average Bonchev–Trinajstić information content (AvgIpc) is 2.49. The number of anilines is 2. The van der Waals surface area contributed by atoms with Crippen molar-refractivity contribution in [3.8, 4) is 5.75 Å². The van der Waals surface area contributed by atoms with Gasteiger partial charge in [-0.3, -0.25) is 4.79 Å². The SMILES string of the molecule is CCOc1ccccc1Nc1ncc(C(N)CC(=O)O)cn1. The normalized spacial score (nSPS) is 11.7. The summed E-state index contributed by atoms with van der Waals surface area (Å²) in [5.41, 5.74) is 7.09. The summed E-state index contributed by atoms with van der Waals surface area (Å²) in [6.07, 6.45) is 2.88. The van der Waals surface area contributed by atoms with Gasteiger partial charge in [0.1, 0.15) is 5.75 Å². The molecule has 0 aliphatic rings. The zero-order valence-electron chi connectivity index (χ0n) is 12.2. The van der Waals surface area contributed by atoms with Gasteiger partial charge in [-0.2, -0.15) is 0 Å². The summed E-state index contributed by atoms with van der Waals surface area (Å²) in [5.74, 6) is 0.138. The van der Waals surface area contributed by atoms with Crippen molar-refractivity contribution in [1.82, 2.24) is 9.97 Å². The third-order valence-electron chi connectivity index (χ3n) is 2.93. The summed E-state index contributed by atoms with van der Waals surface area (Å²) in [4.78, 5) is 18.9. The van der Waals surface area contributed by atoms with Crippen molar-refractivity contribution < 1.29 is 14.6 Å². The minimum absolute atomic E-state index is 0.163. The molecule has 1 atom stereocenters. The minimum Gasteiger partial charge on any atom is -0.492 e. The van der Waals surface area contributed by atoms with Crippen LogP contribution in [0.2, 0.25) is 0 Å². The van der Waals surface area contributed by atoms with Crippen molar-refractivity contribution in [3.05, 3.63) is 42.2 Å². The number of benzene rings is 1. The number of hydrogen-bond acceptors (Lipinski definition) is 6. The second-order valence-electron chi connectivity index (χ2n) is 4.60. The number of ether oxygens (including phenoxy) is 1. The molecule has 0 radical (unpaired) electrons. The van der Waals surface area contributed by atoms with Crippen LogP contribution in [0.3, 0.4) is 0 Å². The van der Waals surface area contributed by atoms with Gasteiger partial charge in [0.15, 0.2) is 0 Å². The highest BCUT2D eigenvalue weighted by Gasteiger charge is 2.12. The Kier molecular flexibility index (Phi) is 5.26. The summed E-state index contributed by atoms with van der Waals surface area (Å²) in [6, 6.07) is 6.84. The van der Waals surface area contributed by atoms with Crippen molar-refractivity contribution in [2.75, 3.05) is 11.9 Å². The van der Waals surface area contributed by atoms with E-state index in [1.807, 2.05) is 31.2 Å². The Morgan fingerprint density at radius 1 is 1.36 bits per heavy atom. The fourth-order valence-corrected chi connectivity index (χ4v) is 1.87. The first-order valence-corrected chi connectivity index (χ1v) is 6.88. The lowest BCUT2D eigenvalue weighted by molar-refractivity contribution is -0.137. The molecule has 1 unspecified atom stereocenters. The molecule has 1 heterocycles. The van der Waals surface area contributed by atoms with Gasteiger partial charge in [0.25, 0.3) is 0 Å². The number of carboxylic acid groups (broad SMARTS) is 1. The highest BCUT2D eigenvalue weighted by Crippen LogP contribution is 2.26. The number of aromatic nitrogens is 2. The number of nitrogens with two attached hydrogens (primary N) is 1. The largest absolute Gasteiger partial charge is 0.492 e. The molecule has 0 spiro atoms. The maximum absolute atomic E-state index is 10.6. The van der Waals surface area contributed by atoms with Crippen molar-refractivity contribution in [1.29, 1.82) is 0 Å². The van der Waals surface area contributed by atoms with Crippen LogP contribution < -0.4 is 15.8 Å². The zero-order valence-corrected chi connectivity index (χ0v) is 12.2. The number of aliphatic carboxylic acids is 1. The van der Waals surface area contributed by atoms with Crippen LogP contribution in [0.25, 0.3) is 0 Å². The van der Waals surface area contributed by atoms with Gasteiger partial charge in [0.2, 0.25) is 5.95 Å². The van der Waals surface area contributed by atoms with E-state index in [0.717, 1.165) is 5.69 Å². The molecule has 4 N–H and O–H groups in total. The Labute approximate surface area is 128 Å². The minimum atomic E-state index is -0.958. The first-order chi connectivity index (χ1) is 10.6. The van der Waals surface area contributed by atoms with Gasteiger partial charge in [-0.1, -0.05) is 12.1 Å². The highest BCUT2D eigenvalue weighted by atomic mass is 16.5. The van der Waals surface area contributed by atoms with Crippen molar-refractivity contribution in [2.45, 2.75) is 19.4 Å². The van der Waals surface area contributed by atoms with E-state index < -0.39 is 12.0 Å². The lowest BCUT2D eigenvalue weighted by atomic mass is 10.1. The van der Waals surface area contributed by atoms with Crippen LogP contribution in [0.5, 0.6) is 5.75 Å². The summed E-state index contributed by atoms with van der Waals surface area (Å²) >= 11 is 0. The number of carbonyl (C=O) groups is 1. The predicted octanol–water partition coefficient (Wildman–Crippen LogP) is 2.09. The van der Waals surface area contributed by atoms with Crippen LogP contribution in [0, 0.1) is 0 Å². The molecule has 0 amide bonds. The number of nitrogens with one attached hydrogen (secondary N) is 1. The second-order valence-corrected chi connectivity index (χ2v) is 4.60. The molecule has 0 aliphatic carbocycles. The van der Waals surface area contributed by atoms with E-state index in [0.29, 0.717) is 23.9 Å². The van der Waals surface area contributed by atoms with Crippen molar-refractivity contribution in [2.24, 2.45) is 5.73 Å². The summed E-state index contributed by atoms with van der Waals surface area (Å²) in [6.45, 7) is 2.47. The maximum atomic E-state index is 10.6. The maximum Gasteiger partial charge on any atom is 0.305 e. The predicted molar refractivity (Wildman–Crippen MR) is 82.1 cm³/mol. The van der Waals surface area contributed by atoms with Crippen molar-refractivity contribution >= 4 is 17.6 Å². The Hall–Kier alpha value is -2.67. The molecule has 2 aromatic rings. The van der Waals surface area contributed by atoms with Crippen molar-refractivity contribution in [3.63, 3.8) is 0 Å². The number of hydrogen-bond donors (Lipinski definition) is 3. The lowest BCUT2D eigenvalue weighted by Gasteiger charge is -2.12. The molecule has 1 aromatic heterocycles. The van der Waals surface area contributed by atoms with E-state index in [4.69, 9.17) is 15.6 Å². The Morgan fingerprint density at radius 3 is 2.68 bits per heavy atom. The average molecular weight is 302 g/mol. The summed E-state index contributed by atoms with van der Waals surface area (Å²) in [7, 11) is 0. The van der Waals surface area contributed by atoms with Gasteiger partial charge in [-0.25, -0.2) is 9.97 Å². The van der Waals surface area contributed by atoms with Crippen LogP contribution in [-0.4, -0.2) is 27.7 Å². The molecule has 0 aliphatic heterocycles. The van der Waals surface area contributed by atoms with Crippen LogP contribution >= 0.6 is 0 Å². The van der Waals surface area contributed by atoms with Gasteiger partial charge >= 0.3 is 5.97 Å². The van der Waals surface area contributed by atoms with E-state index in [1.165, 1.54) is 12.4 Å². The molecule has 7 heteroatoms. The summed E-state index contributed by atoms with van der Waals surface area (Å²) in [5, 5.41) is 11.8. The molecule has 7 nitrogen and oxygen atoms in total. The van der Waals surface area contributed by atoms with Gasteiger partial charge in [0.05, 0.1) is 18.7 Å². The Balaban J connectivity index is 2.10. The number of rotatable bonds is 7. The summed E-state index contributed by atoms with van der Waals surface area (Å²) < 4.78 is 5.51. The third-order valence-corrected chi connectivity index (χ3v) is 2.93. The highest BCUT2D eigenvalue weighted by molar-refractivity contribution is 5.68. The fraction of sp³-hybridized carbons (Fsp3) is 0.267. The molecular formula is C15H18N4O3. The second kappa shape index (κ2) is 7.37. The van der Waals surface area contributed by atoms with Crippen LogP contribution in [0.15, 0.2) is 36.7 Å². The van der Waals surface area contributed by atoms with Crippen LogP contribution in [0.1, 0.15) is 24.9 Å².